The van der Waals surface area contributed by atoms with Crippen LogP contribution in [0.4, 0.5) is 0 Å². The second-order valence-corrected chi connectivity index (χ2v) is 7.93. The van der Waals surface area contributed by atoms with E-state index in [0.29, 0.717) is 6.54 Å². The summed E-state index contributed by atoms with van der Waals surface area (Å²) in [5.74, 6) is 1.63. The number of para-hydroxylation sites is 1. The second-order valence-electron chi connectivity index (χ2n) is 7.08. The molecule has 1 aliphatic heterocycles. The summed E-state index contributed by atoms with van der Waals surface area (Å²) in [7, 11) is 1.79. The van der Waals surface area contributed by atoms with Crippen molar-refractivity contribution in [2.75, 3.05) is 46.4 Å². The van der Waals surface area contributed by atoms with Gasteiger partial charge in [0.15, 0.2) is 5.96 Å². The quantitative estimate of drug-likeness (QED) is 0.517. The highest BCUT2D eigenvalue weighted by Gasteiger charge is 2.28. The fourth-order valence-electron chi connectivity index (χ4n) is 2.84. The van der Waals surface area contributed by atoms with Crippen LogP contribution in [0.15, 0.2) is 33.7 Å². The predicted molar refractivity (Wildman–Crippen MR) is 110 cm³/mol. The van der Waals surface area contributed by atoms with Crippen molar-refractivity contribution in [2.45, 2.75) is 32.4 Å². The minimum Gasteiger partial charge on any atom is -0.488 e. The summed E-state index contributed by atoms with van der Waals surface area (Å²) < 4.78 is 12.4. The van der Waals surface area contributed by atoms with E-state index in [4.69, 9.17) is 9.47 Å². The van der Waals surface area contributed by atoms with Crippen LogP contribution < -0.4 is 15.4 Å². The molecule has 2 N–H and O–H groups in total. The fraction of sp³-hybridized carbons (Fsp3) is 0.632. The molecule has 0 saturated carbocycles. The highest BCUT2D eigenvalue weighted by molar-refractivity contribution is 9.10. The average Bonchev–Trinajstić information content (AvgIpc) is 2.64. The van der Waals surface area contributed by atoms with Gasteiger partial charge in [-0.2, -0.15) is 0 Å². The van der Waals surface area contributed by atoms with E-state index in [1.54, 1.807) is 7.05 Å². The number of hydrogen-bond acceptors (Lipinski definition) is 4. The molecule has 0 aromatic heterocycles. The Hall–Kier alpha value is -1.31. The maximum Gasteiger partial charge on any atom is 0.191 e. The molecule has 1 aromatic rings. The molecule has 1 heterocycles. The van der Waals surface area contributed by atoms with Crippen molar-refractivity contribution >= 4 is 21.9 Å². The molecule has 7 heteroatoms. The molecule has 1 fully saturated rings. The third-order valence-electron chi connectivity index (χ3n) is 4.50. The monoisotopic (exact) mass is 426 g/mol. The van der Waals surface area contributed by atoms with E-state index in [0.717, 1.165) is 49.0 Å². The second kappa shape index (κ2) is 10.1. The zero-order valence-corrected chi connectivity index (χ0v) is 17.8. The number of morpholine rings is 1. The van der Waals surface area contributed by atoms with E-state index in [-0.39, 0.29) is 11.6 Å². The van der Waals surface area contributed by atoms with Crippen LogP contribution in [0.2, 0.25) is 0 Å². The molecule has 26 heavy (non-hydrogen) atoms. The molecule has 0 radical (unpaired) electrons. The molecule has 0 bridgehead atoms. The van der Waals surface area contributed by atoms with Gasteiger partial charge in [0, 0.05) is 32.2 Å². The zero-order valence-electron chi connectivity index (χ0n) is 16.2. The lowest BCUT2D eigenvalue weighted by atomic mass is 10.0. The first-order chi connectivity index (χ1) is 12.4. The van der Waals surface area contributed by atoms with Crippen molar-refractivity contribution in [1.82, 2.24) is 15.5 Å². The molecule has 6 nitrogen and oxygen atoms in total. The molecular formula is C19H31BrN4O2. The molecule has 1 atom stereocenters. The molecule has 1 aliphatic rings. The standard InChI is InChI=1S/C19H31BrN4O2/c1-15(26-17-8-6-5-7-16(17)20)13-22-18(21-4)23-14-19(2,3)24-9-11-25-12-10-24/h5-8,15H,9-14H2,1-4H3,(H2,21,22,23). The van der Waals surface area contributed by atoms with Gasteiger partial charge in [-0.3, -0.25) is 9.89 Å². The van der Waals surface area contributed by atoms with Gasteiger partial charge in [-0.1, -0.05) is 12.1 Å². The lowest BCUT2D eigenvalue weighted by Crippen LogP contribution is -2.56. The highest BCUT2D eigenvalue weighted by atomic mass is 79.9. The Kier molecular flexibility index (Phi) is 8.18. The SMILES string of the molecule is CN=C(NCC(C)Oc1ccccc1Br)NCC(C)(C)N1CCOCC1. The maximum atomic E-state index is 5.97. The maximum absolute atomic E-state index is 5.97. The van der Waals surface area contributed by atoms with Crippen molar-refractivity contribution < 1.29 is 9.47 Å². The largest absolute Gasteiger partial charge is 0.488 e. The fourth-order valence-corrected chi connectivity index (χ4v) is 3.22. The van der Waals surface area contributed by atoms with Crippen molar-refractivity contribution in [3.63, 3.8) is 0 Å². The molecule has 0 aliphatic carbocycles. The first-order valence-electron chi connectivity index (χ1n) is 9.11. The number of hydrogen-bond donors (Lipinski definition) is 2. The normalized spacial score (nSPS) is 17.7. The van der Waals surface area contributed by atoms with Crippen LogP contribution in [-0.4, -0.2) is 68.9 Å². The van der Waals surface area contributed by atoms with Gasteiger partial charge in [-0.15, -0.1) is 0 Å². The molecule has 146 valence electrons. The topological polar surface area (TPSA) is 58.1 Å². The molecule has 0 amide bonds. The number of halogens is 1. The summed E-state index contributed by atoms with van der Waals surface area (Å²) >= 11 is 3.51. The van der Waals surface area contributed by atoms with Gasteiger partial charge in [0.1, 0.15) is 11.9 Å². The average molecular weight is 427 g/mol. The van der Waals surface area contributed by atoms with E-state index in [1.807, 2.05) is 31.2 Å². The molecular weight excluding hydrogens is 396 g/mol. The van der Waals surface area contributed by atoms with Gasteiger partial charge >= 0.3 is 0 Å². The molecule has 1 aromatic carbocycles. The van der Waals surface area contributed by atoms with Crippen molar-refractivity contribution in [2.24, 2.45) is 4.99 Å². The van der Waals surface area contributed by atoms with Crippen molar-refractivity contribution in [1.29, 1.82) is 0 Å². The number of nitrogens with one attached hydrogen (secondary N) is 2. The first kappa shape index (κ1) is 21.0. The summed E-state index contributed by atoms with van der Waals surface area (Å²) in [5.41, 5.74) is 0.0401. The smallest absolute Gasteiger partial charge is 0.191 e. The minimum atomic E-state index is 0.0134. The Balaban J connectivity index is 1.77. The number of guanidine groups is 1. The Morgan fingerprint density at radius 3 is 2.65 bits per heavy atom. The third kappa shape index (κ3) is 6.45. The molecule has 1 unspecified atom stereocenters. The number of aliphatic imine (C=N–C) groups is 1. The Morgan fingerprint density at radius 2 is 2.00 bits per heavy atom. The third-order valence-corrected chi connectivity index (χ3v) is 5.16. The summed E-state index contributed by atoms with van der Waals surface area (Å²) in [6, 6.07) is 7.87. The van der Waals surface area contributed by atoms with Gasteiger partial charge in [0.2, 0.25) is 0 Å². The van der Waals surface area contributed by atoms with E-state index >= 15 is 0 Å². The van der Waals surface area contributed by atoms with Crippen LogP contribution in [0, 0.1) is 0 Å². The molecule has 2 rings (SSSR count). The lowest BCUT2D eigenvalue weighted by molar-refractivity contribution is -0.00834. The van der Waals surface area contributed by atoms with E-state index in [9.17, 15) is 0 Å². The van der Waals surface area contributed by atoms with Gasteiger partial charge < -0.3 is 20.1 Å². The van der Waals surface area contributed by atoms with Crippen LogP contribution in [0.1, 0.15) is 20.8 Å². The summed E-state index contributed by atoms with van der Waals surface area (Å²) in [6.07, 6.45) is 0.0134. The zero-order chi connectivity index (χ0) is 19.0. The van der Waals surface area contributed by atoms with Gasteiger partial charge in [0.05, 0.1) is 24.2 Å². The Labute approximate surface area is 165 Å². The van der Waals surface area contributed by atoms with Crippen molar-refractivity contribution in [3.8, 4) is 5.75 Å². The van der Waals surface area contributed by atoms with Crippen LogP contribution >= 0.6 is 15.9 Å². The lowest BCUT2D eigenvalue weighted by Gasteiger charge is -2.41. The van der Waals surface area contributed by atoms with Gasteiger partial charge in [-0.05, 0) is 48.8 Å². The van der Waals surface area contributed by atoms with E-state index in [1.165, 1.54) is 0 Å². The van der Waals surface area contributed by atoms with Crippen LogP contribution in [-0.2, 0) is 4.74 Å². The number of benzene rings is 1. The van der Waals surface area contributed by atoms with Crippen LogP contribution in [0.3, 0.4) is 0 Å². The summed E-state index contributed by atoms with van der Waals surface area (Å²) in [4.78, 5) is 6.77. The van der Waals surface area contributed by atoms with E-state index < -0.39 is 0 Å². The molecule has 0 spiro atoms. The van der Waals surface area contributed by atoms with Gasteiger partial charge in [-0.25, -0.2) is 0 Å². The highest BCUT2D eigenvalue weighted by Crippen LogP contribution is 2.24. The van der Waals surface area contributed by atoms with Crippen molar-refractivity contribution in [3.05, 3.63) is 28.7 Å². The van der Waals surface area contributed by atoms with Crippen LogP contribution in [0.25, 0.3) is 0 Å². The number of rotatable bonds is 7. The summed E-state index contributed by atoms with van der Waals surface area (Å²) in [5, 5.41) is 6.77. The predicted octanol–water partition coefficient (Wildman–Crippen LogP) is 2.49. The van der Waals surface area contributed by atoms with Crippen LogP contribution in [0.5, 0.6) is 5.75 Å². The number of ether oxygens (including phenoxy) is 2. The summed E-state index contributed by atoms with van der Waals surface area (Å²) in [6.45, 7) is 11.6. The first-order valence-corrected chi connectivity index (χ1v) is 9.90. The molecule has 1 saturated heterocycles. The van der Waals surface area contributed by atoms with Gasteiger partial charge in [0.25, 0.3) is 0 Å². The Bertz CT molecular complexity index is 589. The van der Waals surface area contributed by atoms with E-state index in [2.05, 4.69) is 50.3 Å². The number of nitrogens with zero attached hydrogens (tertiary/aromatic N) is 2. The Morgan fingerprint density at radius 1 is 1.31 bits per heavy atom. The minimum absolute atomic E-state index is 0.0134.